The van der Waals surface area contributed by atoms with Crippen LogP contribution in [-0.2, 0) is 6.54 Å². The van der Waals surface area contributed by atoms with E-state index in [2.05, 4.69) is 43.3 Å². The van der Waals surface area contributed by atoms with E-state index in [1.54, 1.807) is 0 Å². The van der Waals surface area contributed by atoms with Gasteiger partial charge in [-0.05, 0) is 33.0 Å². The highest BCUT2D eigenvalue weighted by Gasteiger charge is 2.17. The molecule has 0 amide bonds. The molecule has 3 rings (SSSR count). The molecule has 1 heterocycles. The van der Waals surface area contributed by atoms with E-state index in [4.69, 9.17) is 9.97 Å². The van der Waals surface area contributed by atoms with Gasteiger partial charge in [-0.3, -0.25) is 0 Å². The molecule has 1 aromatic heterocycles. The monoisotopic (exact) mass is 301 g/mol. The zero-order valence-corrected chi connectivity index (χ0v) is 13.7. The maximum Gasteiger partial charge on any atom is 0.144 e. The number of benzene rings is 1. The second-order valence-corrected chi connectivity index (χ2v) is 7.37. The van der Waals surface area contributed by atoms with Crippen molar-refractivity contribution in [1.82, 2.24) is 14.9 Å². The van der Waals surface area contributed by atoms with Crippen molar-refractivity contribution < 1.29 is 0 Å². The normalized spacial score (nSPS) is 16.7. The van der Waals surface area contributed by atoms with Crippen molar-refractivity contribution in [3.8, 4) is 0 Å². The van der Waals surface area contributed by atoms with Gasteiger partial charge in [-0.25, -0.2) is 9.97 Å². The molecule has 3 nitrogen and oxygen atoms in total. The number of hydrogen-bond acceptors (Lipinski definition) is 4. The Morgan fingerprint density at radius 2 is 1.86 bits per heavy atom. The third-order valence-corrected chi connectivity index (χ3v) is 5.24. The Labute approximate surface area is 131 Å². The number of hydrogen-bond donors (Lipinski definition) is 0. The van der Waals surface area contributed by atoms with E-state index in [1.165, 1.54) is 42.5 Å². The van der Waals surface area contributed by atoms with E-state index >= 15 is 0 Å². The fourth-order valence-corrected chi connectivity index (χ4v) is 4.22. The summed E-state index contributed by atoms with van der Waals surface area (Å²) in [6.45, 7) is 0.795. The van der Waals surface area contributed by atoms with Crippen molar-refractivity contribution in [1.29, 1.82) is 0 Å². The van der Waals surface area contributed by atoms with Gasteiger partial charge in [-0.15, -0.1) is 11.8 Å². The Hall–Kier alpha value is -1.13. The van der Waals surface area contributed by atoms with Gasteiger partial charge in [-0.2, -0.15) is 0 Å². The molecule has 0 saturated heterocycles. The Bertz CT molecular complexity index is 606. The zero-order valence-electron chi connectivity index (χ0n) is 12.9. The second-order valence-electron chi connectivity index (χ2n) is 6.08. The molecule has 2 aromatic rings. The Morgan fingerprint density at radius 3 is 2.62 bits per heavy atom. The molecule has 112 valence electrons. The molecule has 1 aliphatic carbocycles. The summed E-state index contributed by atoms with van der Waals surface area (Å²) in [5.41, 5.74) is 1.07. The lowest BCUT2D eigenvalue weighted by Crippen LogP contribution is -2.14. The molecular weight excluding hydrogens is 278 g/mol. The van der Waals surface area contributed by atoms with E-state index in [-0.39, 0.29) is 0 Å². The summed E-state index contributed by atoms with van der Waals surface area (Å²) in [6, 6.07) is 8.40. The van der Waals surface area contributed by atoms with Gasteiger partial charge in [-0.1, -0.05) is 37.5 Å². The molecule has 1 aliphatic rings. The number of thioether (sulfide) groups is 1. The molecule has 4 heteroatoms. The molecular formula is C17H23N3S. The van der Waals surface area contributed by atoms with Crippen LogP contribution in [0.25, 0.3) is 10.9 Å². The summed E-state index contributed by atoms with van der Waals surface area (Å²) in [5.74, 6) is 0.928. The quantitative estimate of drug-likeness (QED) is 0.795. The predicted molar refractivity (Wildman–Crippen MR) is 89.7 cm³/mol. The van der Waals surface area contributed by atoms with E-state index in [1.807, 2.05) is 11.8 Å². The maximum absolute atomic E-state index is 4.85. The van der Waals surface area contributed by atoms with Crippen molar-refractivity contribution >= 4 is 22.7 Å². The van der Waals surface area contributed by atoms with Crippen LogP contribution in [0.5, 0.6) is 0 Å². The number of nitrogens with zero attached hydrogens (tertiary/aromatic N) is 3. The van der Waals surface area contributed by atoms with Gasteiger partial charge in [0.15, 0.2) is 0 Å². The molecule has 1 aromatic carbocycles. The fourth-order valence-electron chi connectivity index (χ4n) is 2.88. The minimum atomic E-state index is 0.726. The molecule has 0 bridgehead atoms. The van der Waals surface area contributed by atoms with Gasteiger partial charge < -0.3 is 4.90 Å². The zero-order chi connectivity index (χ0) is 14.7. The molecule has 21 heavy (non-hydrogen) atoms. The van der Waals surface area contributed by atoms with Crippen molar-refractivity contribution in [2.24, 2.45) is 0 Å². The maximum atomic E-state index is 4.85. The van der Waals surface area contributed by atoms with E-state index in [0.29, 0.717) is 0 Å². The van der Waals surface area contributed by atoms with Crippen LogP contribution in [0.2, 0.25) is 0 Å². The van der Waals surface area contributed by atoms with Crippen molar-refractivity contribution in [2.75, 3.05) is 14.1 Å². The summed E-state index contributed by atoms with van der Waals surface area (Å²) in [4.78, 5) is 11.7. The van der Waals surface area contributed by atoms with Gasteiger partial charge >= 0.3 is 0 Å². The minimum Gasteiger partial charge on any atom is -0.302 e. The van der Waals surface area contributed by atoms with Gasteiger partial charge in [0.25, 0.3) is 0 Å². The van der Waals surface area contributed by atoms with Gasteiger partial charge in [0.05, 0.1) is 12.1 Å². The Kier molecular flexibility index (Phi) is 4.76. The lowest BCUT2D eigenvalue weighted by molar-refractivity contribution is 0.390. The highest BCUT2D eigenvalue weighted by Crippen LogP contribution is 2.35. The average molecular weight is 301 g/mol. The van der Waals surface area contributed by atoms with Crippen molar-refractivity contribution in [3.05, 3.63) is 30.1 Å². The van der Waals surface area contributed by atoms with Crippen LogP contribution < -0.4 is 0 Å². The smallest absolute Gasteiger partial charge is 0.144 e. The first-order valence-corrected chi connectivity index (χ1v) is 8.67. The largest absolute Gasteiger partial charge is 0.302 e. The lowest BCUT2D eigenvalue weighted by atomic mass is 10.0. The molecule has 0 spiro atoms. The topological polar surface area (TPSA) is 29.0 Å². The predicted octanol–water partition coefficient (Wildman–Crippen LogP) is 4.12. The highest BCUT2D eigenvalue weighted by molar-refractivity contribution is 8.00. The van der Waals surface area contributed by atoms with E-state index in [0.717, 1.165) is 23.1 Å². The van der Waals surface area contributed by atoms with Gasteiger partial charge in [0.1, 0.15) is 10.9 Å². The molecule has 0 radical (unpaired) electrons. The number of aromatic nitrogens is 2. The molecule has 0 atom stereocenters. The third-order valence-electron chi connectivity index (χ3n) is 3.90. The van der Waals surface area contributed by atoms with E-state index < -0.39 is 0 Å². The fraction of sp³-hybridized carbons (Fsp3) is 0.529. The minimum absolute atomic E-state index is 0.726. The Morgan fingerprint density at radius 1 is 1.10 bits per heavy atom. The average Bonchev–Trinajstić information content (AvgIpc) is 2.47. The Balaban J connectivity index is 1.93. The standard InChI is InChI=1S/C17H23N3S/c1-20(2)12-16-18-15-11-7-6-10-14(15)17(19-16)21-13-8-4-3-5-9-13/h6-7,10-11,13H,3-5,8-9,12H2,1-2H3. The molecule has 0 aliphatic heterocycles. The van der Waals surface area contributed by atoms with Crippen molar-refractivity contribution in [3.63, 3.8) is 0 Å². The van der Waals surface area contributed by atoms with Crippen LogP contribution in [0.15, 0.2) is 29.3 Å². The first-order valence-electron chi connectivity index (χ1n) is 7.79. The first kappa shape index (κ1) is 14.8. The van der Waals surface area contributed by atoms with Crippen LogP contribution in [0.1, 0.15) is 37.9 Å². The molecule has 1 saturated carbocycles. The number of fused-ring (bicyclic) bond motifs is 1. The van der Waals surface area contributed by atoms with Crippen LogP contribution in [0.4, 0.5) is 0 Å². The second kappa shape index (κ2) is 6.75. The summed E-state index contributed by atoms with van der Waals surface area (Å²) < 4.78 is 0. The number of rotatable bonds is 4. The molecule has 0 unspecified atom stereocenters. The van der Waals surface area contributed by atoms with Crippen molar-refractivity contribution in [2.45, 2.75) is 48.9 Å². The van der Waals surface area contributed by atoms with Crippen LogP contribution in [-0.4, -0.2) is 34.2 Å². The summed E-state index contributed by atoms with van der Waals surface area (Å²) >= 11 is 1.97. The number of para-hydroxylation sites is 1. The van der Waals surface area contributed by atoms with Crippen LogP contribution >= 0.6 is 11.8 Å². The summed E-state index contributed by atoms with van der Waals surface area (Å²) in [7, 11) is 4.12. The molecule has 0 N–H and O–H groups in total. The summed E-state index contributed by atoms with van der Waals surface area (Å²) in [6.07, 6.45) is 6.78. The first-order chi connectivity index (χ1) is 10.2. The van der Waals surface area contributed by atoms with Crippen LogP contribution in [0, 0.1) is 0 Å². The summed E-state index contributed by atoms with van der Waals surface area (Å²) in [5, 5.41) is 3.10. The van der Waals surface area contributed by atoms with E-state index in [9.17, 15) is 0 Å². The van der Waals surface area contributed by atoms with Gasteiger partial charge in [0, 0.05) is 10.6 Å². The molecule has 1 fully saturated rings. The SMILES string of the molecule is CN(C)Cc1nc(SC2CCCCC2)c2ccccc2n1. The third kappa shape index (κ3) is 3.74. The lowest BCUT2D eigenvalue weighted by Gasteiger charge is -2.21. The highest BCUT2D eigenvalue weighted by atomic mass is 32.2. The van der Waals surface area contributed by atoms with Gasteiger partial charge in [0.2, 0.25) is 0 Å². The van der Waals surface area contributed by atoms with Crippen LogP contribution in [0.3, 0.4) is 0 Å².